The van der Waals surface area contributed by atoms with Crippen LogP contribution in [0.1, 0.15) is 16.1 Å². The van der Waals surface area contributed by atoms with Crippen LogP contribution in [0.3, 0.4) is 0 Å². The Balaban J connectivity index is 3.45. The van der Waals surface area contributed by atoms with E-state index in [1.807, 2.05) is 0 Å². The van der Waals surface area contributed by atoms with Crippen molar-refractivity contribution in [3.8, 4) is 0 Å². The van der Waals surface area contributed by atoms with Crippen molar-refractivity contribution in [2.75, 3.05) is 0 Å². The molecule has 0 aliphatic heterocycles. The first-order chi connectivity index (χ1) is 6.34. The van der Waals surface area contributed by atoms with E-state index in [4.69, 9.17) is 16.7 Å². The average molecular weight is 226 g/mol. The number of carbonyl (C=O) groups is 1. The maximum absolute atomic E-state index is 12.3. The SMILES string of the molecule is O=C(O)c1nccc(Cl)c1C(F)(F)F. The van der Waals surface area contributed by atoms with Crippen LogP contribution >= 0.6 is 11.6 Å². The summed E-state index contributed by atoms with van der Waals surface area (Å²) < 4.78 is 36.8. The Kier molecular flexibility index (Phi) is 2.66. The van der Waals surface area contributed by atoms with Gasteiger partial charge in [-0.05, 0) is 6.07 Å². The van der Waals surface area contributed by atoms with Gasteiger partial charge in [-0.1, -0.05) is 11.6 Å². The standard InChI is InChI=1S/C7H3ClF3NO2/c8-3-1-2-12-5(6(13)14)4(3)7(9,10)11/h1-2H,(H,13,14). The summed E-state index contributed by atoms with van der Waals surface area (Å²) in [6.07, 6.45) is -3.92. The highest BCUT2D eigenvalue weighted by Gasteiger charge is 2.38. The van der Waals surface area contributed by atoms with E-state index < -0.39 is 28.4 Å². The van der Waals surface area contributed by atoms with Gasteiger partial charge in [-0.3, -0.25) is 0 Å². The summed E-state index contributed by atoms with van der Waals surface area (Å²) in [7, 11) is 0. The summed E-state index contributed by atoms with van der Waals surface area (Å²) in [5, 5.41) is 7.76. The largest absolute Gasteiger partial charge is 0.476 e. The van der Waals surface area contributed by atoms with Crippen LogP contribution in [0.15, 0.2) is 12.3 Å². The molecule has 0 spiro atoms. The number of hydrogen-bond acceptors (Lipinski definition) is 2. The zero-order valence-electron chi connectivity index (χ0n) is 6.47. The number of aromatic nitrogens is 1. The van der Waals surface area contributed by atoms with E-state index in [2.05, 4.69) is 4.98 Å². The molecule has 1 aromatic heterocycles. The molecule has 1 N–H and O–H groups in total. The Morgan fingerprint density at radius 1 is 1.50 bits per heavy atom. The third-order valence-corrected chi connectivity index (χ3v) is 1.70. The summed E-state index contributed by atoms with van der Waals surface area (Å²) >= 11 is 5.23. The van der Waals surface area contributed by atoms with Crippen molar-refractivity contribution >= 4 is 17.6 Å². The molecule has 0 saturated heterocycles. The minimum Gasteiger partial charge on any atom is -0.476 e. The molecule has 0 amide bonds. The Bertz CT molecular complexity index is 378. The molecule has 0 aromatic carbocycles. The fraction of sp³-hybridized carbons (Fsp3) is 0.143. The van der Waals surface area contributed by atoms with Crippen LogP contribution in [-0.2, 0) is 6.18 Å². The normalized spacial score (nSPS) is 11.4. The molecule has 1 rings (SSSR count). The van der Waals surface area contributed by atoms with E-state index >= 15 is 0 Å². The summed E-state index contributed by atoms with van der Waals surface area (Å²) in [5.41, 5.74) is -2.51. The molecule has 7 heteroatoms. The summed E-state index contributed by atoms with van der Waals surface area (Å²) in [4.78, 5) is 13.5. The molecule has 0 saturated carbocycles. The second-order valence-electron chi connectivity index (χ2n) is 2.32. The van der Waals surface area contributed by atoms with E-state index in [-0.39, 0.29) is 0 Å². The third kappa shape index (κ3) is 1.95. The lowest BCUT2D eigenvalue weighted by atomic mass is 10.2. The van der Waals surface area contributed by atoms with Gasteiger partial charge in [-0.25, -0.2) is 9.78 Å². The molecule has 1 aromatic rings. The first kappa shape index (κ1) is 10.8. The van der Waals surface area contributed by atoms with E-state index in [9.17, 15) is 18.0 Å². The molecule has 3 nitrogen and oxygen atoms in total. The third-order valence-electron chi connectivity index (χ3n) is 1.39. The Morgan fingerprint density at radius 2 is 2.07 bits per heavy atom. The molecule has 14 heavy (non-hydrogen) atoms. The zero-order chi connectivity index (χ0) is 10.9. The van der Waals surface area contributed by atoms with Gasteiger partial charge in [0.05, 0.1) is 5.02 Å². The van der Waals surface area contributed by atoms with Gasteiger partial charge in [0.25, 0.3) is 0 Å². The van der Waals surface area contributed by atoms with Gasteiger partial charge >= 0.3 is 12.1 Å². The highest BCUT2D eigenvalue weighted by molar-refractivity contribution is 6.31. The van der Waals surface area contributed by atoms with Gasteiger partial charge in [0.1, 0.15) is 5.56 Å². The van der Waals surface area contributed by atoms with Crippen LogP contribution < -0.4 is 0 Å². The number of hydrogen-bond donors (Lipinski definition) is 1. The predicted molar refractivity (Wildman–Crippen MR) is 41.2 cm³/mol. The van der Waals surface area contributed by atoms with Crippen LogP contribution in [-0.4, -0.2) is 16.1 Å². The topological polar surface area (TPSA) is 50.2 Å². The second-order valence-corrected chi connectivity index (χ2v) is 2.73. The summed E-state index contributed by atoms with van der Waals surface area (Å²) in [5.74, 6) is -1.76. The van der Waals surface area contributed by atoms with Gasteiger partial charge < -0.3 is 5.11 Å². The molecule has 0 bridgehead atoms. The highest BCUT2D eigenvalue weighted by Crippen LogP contribution is 2.36. The number of carboxylic acids is 1. The Hall–Kier alpha value is -1.30. The van der Waals surface area contributed by atoms with Crippen molar-refractivity contribution in [2.24, 2.45) is 0 Å². The number of alkyl halides is 3. The maximum Gasteiger partial charge on any atom is 0.420 e. The van der Waals surface area contributed by atoms with Crippen LogP contribution in [0.4, 0.5) is 13.2 Å². The van der Waals surface area contributed by atoms with E-state index in [0.29, 0.717) is 0 Å². The second kappa shape index (κ2) is 3.45. The molecule has 0 radical (unpaired) electrons. The van der Waals surface area contributed by atoms with Crippen molar-refractivity contribution in [3.63, 3.8) is 0 Å². The number of nitrogens with zero attached hydrogens (tertiary/aromatic N) is 1. The van der Waals surface area contributed by atoms with Crippen molar-refractivity contribution in [1.82, 2.24) is 4.98 Å². The number of carboxylic acid groups (broad SMARTS) is 1. The van der Waals surface area contributed by atoms with Crippen LogP contribution in [0.25, 0.3) is 0 Å². The number of rotatable bonds is 1. The van der Waals surface area contributed by atoms with E-state index in [1.165, 1.54) is 0 Å². The van der Waals surface area contributed by atoms with Gasteiger partial charge in [-0.2, -0.15) is 13.2 Å². The first-order valence-corrected chi connectivity index (χ1v) is 3.67. The lowest BCUT2D eigenvalue weighted by Crippen LogP contribution is -2.15. The smallest absolute Gasteiger partial charge is 0.420 e. The van der Waals surface area contributed by atoms with Crippen LogP contribution in [0.5, 0.6) is 0 Å². The number of halogens is 4. The molecule has 76 valence electrons. The zero-order valence-corrected chi connectivity index (χ0v) is 7.23. The van der Waals surface area contributed by atoms with Crippen molar-refractivity contribution in [2.45, 2.75) is 6.18 Å². The highest BCUT2D eigenvalue weighted by atomic mass is 35.5. The Morgan fingerprint density at radius 3 is 2.43 bits per heavy atom. The van der Waals surface area contributed by atoms with Crippen molar-refractivity contribution in [1.29, 1.82) is 0 Å². The molecule has 0 aliphatic rings. The minimum atomic E-state index is -4.82. The quantitative estimate of drug-likeness (QED) is 0.799. The lowest BCUT2D eigenvalue weighted by Gasteiger charge is -2.10. The predicted octanol–water partition coefficient (Wildman–Crippen LogP) is 2.45. The molecule has 0 fully saturated rings. The van der Waals surface area contributed by atoms with Crippen molar-refractivity contribution < 1.29 is 23.1 Å². The van der Waals surface area contributed by atoms with E-state index in [0.717, 1.165) is 12.3 Å². The molecular formula is C7H3ClF3NO2. The van der Waals surface area contributed by atoms with Gasteiger partial charge in [-0.15, -0.1) is 0 Å². The summed E-state index contributed by atoms with van der Waals surface area (Å²) in [6.45, 7) is 0. The van der Waals surface area contributed by atoms with E-state index in [1.54, 1.807) is 0 Å². The number of pyridine rings is 1. The minimum absolute atomic E-state index is 0.676. The molecule has 0 aliphatic carbocycles. The van der Waals surface area contributed by atoms with Gasteiger partial charge in [0, 0.05) is 6.20 Å². The van der Waals surface area contributed by atoms with Gasteiger partial charge in [0.15, 0.2) is 5.69 Å². The molecular weight excluding hydrogens is 223 g/mol. The fourth-order valence-electron chi connectivity index (χ4n) is 0.870. The fourth-order valence-corrected chi connectivity index (χ4v) is 1.12. The van der Waals surface area contributed by atoms with Crippen LogP contribution in [0.2, 0.25) is 5.02 Å². The number of aromatic carboxylic acids is 1. The maximum atomic E-state index is 12.3. The molecule has 1 heterocycles. The molecule has 0 atom stereocenters. The monoisotopic (exact) mass is 225 g/mol. The molecule has 0 unspecified atom stereocenters. The van der Waals surface area contributed by atoms with Crippen molar-refractivity contribution in [3.05, 3.63) is 28.5 Å². The van der Waals surface area contributed by atoms with Gasteiger partial charge in [0.2, 0.25) is 0 Å². The Labute approximate surface area is 81.1 Å². The van der Waals surface area contributed by atoms with Crippen LogP contribution in [0, 0.1) is 0 Å². The first-order valence-electron chi connectivity index (χ1n) is 3.29. The average Bonchev–Trinajstić information content (AvgIpc) is 2.01. The lowest BCUT2D eigenvalue weighted by molar-refractivity contribution is -0.138. The summed E-state index contributed by atoms with van der Waals surface area (Å²) in [6, 6.07) is 0.886.